The van der Waals surface area contributed by atoms with Crippen molar-refractivity contribution in [2.45, 2.75) is 6.42 Å². The van der Waals surface area contributed by atoms with Gasteiger partial charge in [-0.15, -0.1) is 0 Å². The van der Waals surface area contributed by atoms with E-state index < -0.39 is 4.92 Å². The molecule has 0 fully saturated rings. The van der Waals surface area contributed by atoms with Crippen molar-refractivity contribution in [3.8, 4) is 0 Å². The predicted molar refractivity (Wildman–Crippen MR) is 67.4 cm³/mol. The zero-order chi connectivity index (χ0) is 12.3. The molecule has 2 aromatic carbocycles. The molecular formula is C13H10ClNO2. The molecule has 0 spiro atoms. The van der Waals surface area contributed by atoms with Crippen LogP contribution >= 0.6 is 11.6 Å². The van der Waals surface area contributed by atoms with Crippen LogP contribution in [-0.2, 0) is 6.42 Å². The van der Waals surface area contributed by atoms with Crippen molar-refractivity contribution in [2.75, 3.05) is 0 Å². The Hall–Kier alpha value is -1.87. The number of hydrogen-bond acceptors (Lipinski definition) is 2. The van der Waals surface area contributed by atoms with Gasteiger partial charge < -0.3 is 0 Å². The quantitative estimate of drug-likeness (QED) is 0.611. The van der Waals surface area contributed by atoms with Gasteiger partial charge in [0, 0.05) is 6.07 Å². The molecular weight excluding hydrogens is 238 g/mol. The number of nitro benzene ring substituents is 1. The molecule has 0 saturated heterocycles. The summed E-state index contributed by atoms with van der Waals surface area (Å²) in [5, 5.41) is 10.8. The van der Waals surface area contributed by atoms with Crippen LogP contribution in [0.4, 0.5) is 5.69 Å². The van der Waals surface area contributed by atoms with Crippen molar-refractivity contribution >= 4 is 17.3 Å². The van der Waals surface area contributed by atoms with E-state index in [2.05, 4.69) is 0 Å². The molecule has 0 aliphatic rings. The monoisotopic (exact) mass is 247 g/mol. The van der Waals surface area contributed by atoms with E-state index in [0.717, 1.165) is 17.5 Å². The van der Waals surface area contributed by atoms with Crippen LogP contribution in [0.5, 0.6) is 0 Å². The predicted octanol–water partition coefficient (Wildman–Crippen LogP) is 3.84. The Kier molecular flexibility index (Phi) is 3.40. The van der Waals surface area contributed by atoms with E-state index in [-0.39, 0.29) is 10.7 Å². The number of benzene rings is 2. The molecule has 0 unspecified atom stereocenters. The Bertz CT molecular complexity index is 540. The minimum Gasteiger partial charge on any atom is -0.258 e. The van der Waals surface area contributed by atoms with E-state index in [1.54, 1.807) is 12.1 Å². The average Bonchev–Trinajstić information content (AvgIpc) is 2.30. The summed E-state index contributed by atoms with van der Waals surface area (Å²) in [7, 11) is 0. The van der Waals surface area contributed by atoms with Crippen molar-refractivity contribution in [2.24, 2.45) is 0 Å². The summed E-state index contributed by atoms with van der Waals surface area (Å²) in [5.74, 6) is 0. The summed E-state index contributed by atoms with van der Waals surface area (Å²) in [4.78, 5) is 10.1. The number of hydrogen-bond donors (Lipinski definition) is 0. The molecule has 0 aliphatic heterocycles. The summed E-state index contributed by atoms with van der Waals surface area (Å²) in [6.45, 7) is 0. The van der Waals surface area contributed by atoms with Crippen LogP contribution in [-0.4, -0.2) is 4.92 Å². The van der Waals surface area contributed by atoms with Crippen molar-refractivity contribution in [1.82, 2.24) is 0 Å². The minimum absolute atomic E-state index is 0.0523. The Morgan fingerprint density at radius 2 is 1.76 bits per heavy atom. The van der Waals surface area contributed by atoms with Crippen LogP contribution in [0, 0.1) is 10.1 Å². The lowest BCUT2D eigenvalue weighted by molar-refractivity contribution is -0.384. The second-order valence-corrected chi connectivity index (χ2v) is 4.11. The van der Waals surface area contributed by atoms with Gasteiger partial charge in [0.05, 0.1) is 4.92 Å². The van der Waals surface area contributed by atoms with Gasteiger partial charge in [0.1, 0.15) is 5.02 Å². The molecule has 0 aromatic heterocycles. The standard InChI is InChI=1S/C13H10ClNO2/c14-12-9-11(6-7-13(12)15(16)17)8-10-4-2-1-3-5-10/h1-7,9H,8H2. The van der Waals surface area contributed by atoms with E-state index in [0.29, 0.717) is 0 Å². The average molecular weight is 248 g/mol. The van der Waals surface area contributed by atoms with E-state index >= 15 is 0 Å². The minimum atomic E-state index is -0.478. The molecule has 0 atom stereocenters. The first-order valence-corrected chi connectivity index (χ1v) is 5.51. The Morgan fingerprint density at radius 1 is 1.06 bits per heavy atom. The molecule has 0 radical (unpaired) electrons. The van der Waals surface area contributed by atoms with Gasteiger partial charge in [-0.25, -0.2) is 0 Å². The third-order valence-electron chi connectivity index (χ3n) is 2.46. The van der Waals surface area contributed by atoms with Crippen molar-refractivity contribution < 1.29 is 4.92 Å². The molecule has 2 aromatic rings. The molecule has 0 amide bonds. The second-order valence-electron chi connectivity index (χ2n) is 3.71. The summed E-state index contributed by atoms with van der Waals surface area (Å²) < 4.78 is 0. The first-order chi connectivity index (χ1) is 8.16. The molecule has 2 rings (SSSR count). The van der Waals surface area contributed by atoms with Gasteiger partial charge in [-0.05, 0) is 23.6 Å². The van der Waals surface area contributed by atoms with Crippen molar-refractivity contribution in [1.29, 1.82) is 0 Å². The molecule has 0 N–H and O–H groups in total. The van der Waals surface area contributed by atoms with E-state index in [1.165, 1.54) is 6.07 Å². The normalized spacial score (nSPS) is 10.2. The van der Waals surface area contributed by atoms with E-state index in [9.17, 15) is 10.1 Å². The number of nitrogens with zero attached hydrogens (tertiary/aromatic N) is 1. The largest absolute Gasteiger partial charge is 0.287 e. The highest BCUT2D eigenvalue weighted by Gasteiger charge is 2.11. The van der Waals surface area contributed by atoms with Crippen LogP contribution < -0.4 is 0 Å². The van der Waals surface area contributed by atoms with Gasteiger partial charge >= 0.3 is 0 Å². The summed E-state index contributed by atoms with van der Waals surface area (Å²) >= 11 is 5.85. The van der Waals surface area contributed by atoms with Crippen molar-refractivity contribution in [3.05, 3.63) is 74.8 Å². The van der Waals surface area contributed by atoms with E-state index in [1.807, 2.05) is 30.3 Å². The maximum absolute atomic E-state index is 10.6. The lowest BCUT2D eigenvalue weighted by Gasteiger charge is -2.02. The fourth-order valence-corrected chi connectivity index (χ4v) is 1.91. The van der Waals surface area contributed by atoms with Crippen LogP contribution in [0.15, 0.2) is 48.5 Å². The van der Waals surface area contributed by atoms with Gasteiger partial charge in [0.25, 0.3) is 5.69 Å². The highest BCUT2D eigenvalue weighted by molar-refractivity contribution is 6.32. The zero-order valence-corrected chi connectivity index (χ0v) is 9.72. The highest BCUT2D eigenvalue weighted by Crippen LogP contribution is 2.25. The molecule has 0 saturated carbocycles. The fraction of sp³-hybridized carbons (Fsp3) is 0.0769. The first kappa shape index (κ1) is 11.6. The smallest absolute Gasteiger partial charge is 0.258 e. The molecule has 0 aliphatic carbocycles. The third-order valence-corrected chi connectivity index (χ3v) is 2.76. The molecule has 86 valence electrons. The summed E-state index contributed by atoms with van der Waals surface area (Å²) in [5.41, 5.74) is 2.06. The lowest BCUT2D eigenvalue weighted by Crippen LogP contribution is -1.92. The fourth-order valence-electron chi connectivity index (χ4n) is 1.64. The Morgan fingerprint density at radius 3 is 2.35 bits per heavy atom. The number of nitro groups is 1. The maximum Gasteiger partial charge on any atom is 0.287 e. The number of halogens is 1. The van der Waals surface area contributed by atoms with Crippen LogP contribution in [0.25, 0.3) is 0 Å². The molecule has 3 nitrogen and oxygen atoms in total. The SMILES string of the molecule is O=[N+]([O-])c1ccc(Cc2ccccc2)cc1Cl. The molecule has 0 heterocycles. The van der Waals surface area contributed by atoms with Gasteiger partial charge in [-0.3, -0.25) is 10.1 Å². The van der Waals surface area contributed by atoms with Crippen LogP contribution in [0.2, 0.25) is 5.02 Å². The van der Waals surface area contributed by atoms with Crippen LogP contribution in [0.3, 0.4) is 0 Å². The van der Waals surface area contributed by atoms with Gasteiger partial charge in [0.2, 0.25) is 0 Å². The first-order valence-electron chi connectivity index (χ1n) is 5.13. The summed E-state index contributed by atoms with van der Waals surface area (Å²) in [6, 6.07) is 14.7. The number of rotatable bonds is 3. The second kappa shape index (κ2) is 4.97. The van der Waals surface area contributed by atoms with Gasteiger partial charge in [-0.1, -0.05) is 48.0 Å². The Labute approximate surface area is 104 Å². The van der Waals surface area contributed by atoms with E-state index in [4.69, 9.17) is 11.6 Å². The van der Waals surface area contributed by atoms with Crippen LogP contribution in [0.1, 0.15) is 11.1 Å². The Balaban J connectivity index is 2.24. The summed E-state index contributed by atoms with van der Waals surface area (Å²) in [6.07, 6.45) is 0.721. The molecule has 0 bridgehead atoms. The van der Waals surface area contributed by atoms with Gasteiger partial charge in [0.15, 0.2) is 0 Å². The van der Waals surface area contributed by atoms with Crippen molar-refractivity contribution in [3.63, 3.8) is 0 Å². The highest BCUT2D eigenvalue weighted by atomic mass is 35.5. The topological polar surface area (TPSA) is 43.1 Å². The van der Waals surface area contributed by atoms with Gasteiger partial charge in [-0.2, -0.15) is 0 Å². The molecule has 4 heteroatoms. The zero-order valence-electron chi connectivity index (χ0n) is 8.97. The maximum atomic E-state index is 10.6. The third kappa shape index (κ3) is 2.82. The molecule has 17 heavy (non-hydrogen) atoms. The lowest BCUT2D eigenvalue weighted by atomic mass is 10.0.